The fourth-order valence-corrected chi connectivity index (χ4v) is 2.26. The predicted molar refractivity (Wildman–Crippen MR) is 83.8 cm³/mol. The van der Waals surface area contributed by atoms with Gasteiger partial charge in [0.15, 0.2) is 0 Å². The molecule has 0 aromatic carbocycles. The maximum absolute atomic E-state index is 11.8. The van der Waals surface area contributed by atoms with Gasteiger partial charge in [-0.25, -0.2) is 4.98 Å². The van der Waals surface area contributed by atoms with Crippen molar-refractivity contribution in [1.82, 2.24) is 10.3 Å². The van der Waals surface area contributed by atoms with Crippen molar-refractivity contribution in [3.63, 3.8) is 0 Å². The molecule has 20 heavy (non-hydrogen) atoms. The molecular weight excluding hydrogens is 321 g/mol. The number of carbonyl (C=O) groups is 1. The molecule has 0 spiro atoms. The van der Waals surface area contributed by atoms with Crippen LogP contribution in [0.2, 0.25) is 0 Å². The second-order valence-electron chi connectivity index (χ2n) is 3.76. The number of thiazole rings is 1. The molecular formula is C12H17Cl2N3O2S. The molecule has 2 heterocycles. The molecule has 0 aliphatic rings. The monoisotopic (exact) mass is 337 g/mol. The van der Waals surface area contributed by atoms with E-state index in [1.54, 1.807) is 17.4 Å². The first-order valence-corrected chi connectivity index (χ1v) is 6.53. The summed E-state index contributed by atoms with van der Waals surface area (Å²) in [6, 6.07) is 1.65. The summed E-state index contributed by atoms with van der Waals surface area (Å²) in [5.74, 6) is 0.425. The zero-order chi connectivity index (χ0) is 13.0. The number of amides is 1. The Hall–Kier alpha value is -1.08. The van der Waals surface area contributed by atoms with E-state index in [0.717, 1.165) is 11.4 Å². The minimum absolute atomic E-state index is 0. The summed E-state index contributed by atoms with van der Waals surface area (Å²) in [5.41, 5.74) is 5.90. The van der Waals surface area contributed by atoms with Crippen LogP contribution in [0.1, 0.15) is 32.9 Å². The number of halogens is 2. The van der Waals surface area contributed by atoms with Gasteiger partial charge in [-0.05, 0) is 12.5 Å². The number of nitrogens with zero attached hydrogens (tertiary/aromatic N) is 1. The molecule has 0 unspecified atom stereocenters. The topological polar surface area (TPSA) is 81.2 Å². The third-order valence-corrected chi connectivity index (χ3v) is 3.61. The lowest BCUT2D eigenvalue weighted by atomic mass is 10.3. The first-order chi connectivity index (χ1) is 8.72. The van der Waals surface area contributed by atoms with Crippen LogP contribution in [-0.4, -0.2) is 10.9 Å². The maximum atomic E-state index is 11.8. The second-order valence-corrected chi connectivity index (χ2v) is 4.96. The van der Waals surface area contributed by atoms with Gasteiger partial charge in [-0.2, -0.15) is 0 Å². The average molecular weight is 338 g/mol. The summed E-state index contributed by atoms with van der Waals surface area (Å²) in [4.78, 5) is 17.2. The maximum Gasteiger partial charge on any atom is 0.254 e. The predicted octanol–water partition coefficient (Wildman–Crippen LogP) is 2.53. The van der Waals surface area contributed by atoms with Gasteiger partial charge in [-0.15, -0.1) is 36.2 Å². The molecule has 0 saturated heterocycles. The van der Waals surface area contributed by atoms with E-state index in [2.05, 4.69) is 17.2 Å². The quantitative estimate of drug-likeness (QED) is 0.878. The van der Waals surface area contributed by atoms with Crippen molar-refractivity contribution in [1.29, 1.82) is 0 Å². The molecule has 0 aliphatic heterocycles. The number of nitrogens with one attached hydrogen (secondary N) is 1. The molecule has 3 N–H and O–H groups in total. The molecule has 2 rings (SSSR count). The lowest BCUT2D eigenvalue weighted by Gasteiger charge is -1.99. The molecule has 0 aliphatic carbocycles. The highest BCUT2D eigenvalue weighted by atomic mass is 35.5. The van der Waals surface area contributed by atoms with Crippen molar-refractivity contribution in [3.05, 3.63) is 39.7 Å². The highest BCUT2D eigenvalue weighted by molar-refractivity contribution is 7.11. The van der Waals surface area contributed by atoms with Crippen LogP contribution in [0.4, 0.5) is 0 Å². The summed E-state index contributed by atoms with van der Waals surface area (Å²) >= 11 is 1.61. The van der Waals surface area contributed by atoms with Crippen LogP contribution >= 0.6 is 36.2 Å². The van der Waals surface area contributed by atoms with Crippen LogP contribution < -0.4 is 11.1 Å². The third kappa shape index (κ3) is 4.79. The number of hydrogen-bond donors (Lipinski definition) is 2. The number of aromatic nitrogens is 1. The summed E-state index contributed by atoms with van der Waals surface area (Å²) < 4.78 is 5.11. The number of carbonyl (C=O) groups excluding carboxylic acids is 1. The van der Waals surface area contributed by atoms with Crippen LogP contribution in [0, 0.1) is 0 Å². The zero-order valence-corrected chi connectivity index (χ0v) is 13.4. The Bertz CT molecular complexity index is 542. The second kappa shape index (κ2) is 8.97. The molecule has 0 radical (unpaired) electrons. The largest absolute Gasteiger partial charge is 0.467 e. The van der Waals surface area contributed by atoms with Gasteiger partial charge in [0.25, 0.3) is 5.91 Å². The van der Waals surface area contributed by atoms with Gasteiger partial charge in [0.2, 0.25) is 0 Å². The van der Waals surface area contributed by atoms with Crippen LogP contribution in [0.25, 0.3) is 0 Å². The molecule has 0 atom stereocenters. The van der Waals surface area contributed by atoms with Crippen LogP contribution in [-0.2, 0) is 19.5 Å². The number of aryl methyl sites for hydroxylation is 1. The van der Waals surface area contributed by atoms with Crippen molar-refractivity contribution < 1.29 is 9.21 Å². The van der Waals surface area contributed by atoms with E-state index in [-0.39, 0.29) is 30.7 Å². The van der Waals surface area contributed by atoms with E-state index < -0.39 is 0 Å². The Morgan fingerprint density at radius 3 is 2.80 bits per heavy atom. The Kier molecular flexibility index (Phi) is 8.48. The van der Waals surface area contributed by atoms with E-state index in [0.29, 0.717) is 24.4 Å². The average Bonchev–Trinajstić information content (AvgIpc) is 3.04. The number of furan rings is 1. The highest BCUT2D eigenvalue weighted by Crippen LogP contribution is 2.13. The number of hydrogen-bond acceptors (Lipinski definition) is 5. The Morgan fingerprint density at radius 1 is 1.50 bits per heavy atom. The van der Waals surface area contributed by atoms with Crippen LogP contribution in [0.5, 0.6) is 0 Å². The normalized spacial score (nSPS) is 9.50. The molecule has 1 amide bonds. The van der Waals surface area contributed by atoms with E-state index in [1.165, 1.54) is 11.1 Å². The van der Waals surface area contributed by atoms with Crippen molar-refractivity contribution in [3.8, 4) is 0 Å². The van der Waals surface area contributed by atoms with Gasteiger partial charge >= 0.3 is 0 Å². The lowest BCUT2D eigenvalue weighted by Crippen LogP contribution is -2.22. The summed E-state index contributed by atoms with van der Waals surface area (Å²) in [6.07, 6.45) is 4.22. The van der Waals surface area contributed by atoms with Crippen LogP contribution in [0.15, 0.2) is 22.9 Å². The van der Waals surface area contributed by atoms with Gasteiger partial charge < -0.3 is 15.5 Å². The third-order valence-electron chi connectivity index (χ3n) is 2.47. The van der Waals surface area contributed by atoms with Gasteiger partial charge in [0.1, 0.15) is 17.0 Å². The first kappa shape index (κ1) is 18.9. The van der Waals surface area contributed by atoms with Crippen molar-refractivity contribution in [2.75, 3.05) is 0 Å². The SMILES string of the molecule is CCc1cnc(CNC(=O)c2coc(CN)c2)s1.Cl.Cl. The van der Waals surface area contributed by atoms with Gasteiger partial charge in [-0.1, -0.05) is 6.92 Å². The Morgan fingerprint density at radius 2 is 2.25 bits per heavy atom. The number of rotatable bonds is 5. The van der Waals surface area contributed by atoms with E-state index in [9.17, 15) is 4.79 Å². The molecule has 0 saturated carbocycles. The Labute approximate surface area is 133 Å². The molecule has 0 fully saturated rings. The standard InChI is InChI=1S/C12H15N3O2S.2ClH/c1-2-10-5-14-11(18-10)6-15-12(16)8-3-9(4-13)17-7-8;;/h3,5,7H,2,4,6,13H2,1H3,(H,15,16);2*1H. The molecule has 0 bridgehead atoms. The minimum Gasteiger partial charge on any atom is -0.467 e. The smallest absolute Gasteiger partial charge is 0.254 e. The van der Waals surface area contributed by atoms with Crippen molar-refractivity contribution in [2.24, 2.45) is 5.73 Å². The summed E-state index contributed by atoms with van der Waals surface area (Å²) in [7, 11) is 0. The summed E-state index contributed by atoms with van der Waals surface area (Å²) in [5, 5.41) is 3.70. The zero-order valence-electron chi connectivity index (χ0n) is 10.9. The molecule has 8 heteroatoms. The minimum atomic E-state index is -0.174. The van der Waals surface area contributed by atoms with Gasteiger partial charge in [0.05, 0.1) is 18.7 Å². The highest BCUT2D eigenvalue weighted by Gasteiger charge is 2.10. The van der Waals surface area contributed by atoms with Gasteiger partial charge in [0, 0.05) is 11.1 Å². The fraction of sp³-hybridized carbons (Fsp3) is 0.333. The van der Waals surface area contributed by atoms with Crippen molar-refractivity contribution in [2.45, 2.75) is 26.4 Å². The van der Waals surface area contributed by atoms with E-state index in [4.69, 9.17) is 10.2 Å². The molecule has 2 aromatic heterocycles. The lowest BCUT2D eigenvalue weighted by molar-refractivity contribution is 0.0950. The van der Waals surface area contributed by atoms with E-state index >= 15 is 0 Å². The van der Waals surface area contributed by atoms with E-state index in [1.807, 2.05) is 6.20 Å². The molecule has 5 nitrogen and oxygen atoms in total. The first-order valence-electron chi connectivity index (χ1n) is 5.72. The summed E-state index contributed by atoms with van der Waals surface area (Å²) in [6.45, 7) is 2.81. The molecule has 112 valence electrons. The van der Waals surface area contributed by atoms with Crippen LogP contribution in [0.3, 0.4) is 0 Å². The van der Waals surface area contributed by atoms with Gasteiger partial charge in [-0.3, -0.25) is 4.79 Å². The number of nitrogens with two attached hydrogens (primary N) is 1. The van der Waals surface area contributed by atoms with Crippen molar-refractivity contribution >= 4 is 42.1 Å². The molecule has 2 aromatic rings. The fourth-order valence-electron chi connectivity index (χ4n) is 1.46. The Balaban J connectivity index is 0.00000180.